The first-order valence-electron chi connectivity index (χ1n) is 8.30. The number of imide groups is 1. The summed E-state index contributed by atoms with van der Waals surface area (Å²) in [5.41, 5.74) is 0.784. The maximum absolute atomic E-state index is 12.5. The molecule has 1 atom stereocenters. The van der Waals surface area contributed by atoms with Crippen LogP contribution >= 0.6 is 11.8 Å². The summed E-state index contributed by atoms with van der Waals surface area (Å²) >= 11 is 0.784. The van der Waals surface area contributed by atoms with E-state index in [4.69, 9.17) is 0 Å². The molecule has 2 aliphatic heterocycles. The molecule has 1 N–H and O–H groups in total. The Morgan fingerprint density at radius 3 is 2.62 bits per heavy atom. The monoisotopic (exact) mass is 374 g/mol. The number of carbonyl (C=O) groups excluding carboxylic acids is 3. The molecule has 0 aromatic heterocycles. The number of likely N-dealkylation sites (tertiary alicyclic amines) is 1. The van der Waals surface area contributed by atoms with Crippen LogP contribution in [0.25, 0.3) is 6.08 Å². The Hall–Kier alpha value is -2.61. The fraction of sp³-hybridized carbons (Fsp3) is 0.333. The summed E-state index contributed by atoms with van der Waals surface area (Å²) in [4.78, 5) is 50.9. The van der Waals surface area contributed by atoms with E-state index in [2.05, 4.69) is 0 Å². The van der Waals surface area contributed by atoms with Gasteiger partial charge >= 0.3 is 5.97 Å². The number of carbonyl (C=O) groups is 4. The van der Waals surface area contributed by atoms with Crippen molar-refractivity contribution in [1.82, 2.24) is 9.80 Å². The van der Waals surface area contributed by atoms with Crippen LogP contribution in [0.1, 0.15) is 24.8 Å². The first-order valence-corrected chi connectivity index (χ1v) is 9.11. The largest absolute Gasteiger partial charge is 0.480 e. The number of aliphatic carboxylic acids is 1. The van der Waals surface area contributed by atoms with Gasteiger partial charge in [0.15, 0.2) is 0 Å². The Labute approximate surface area is 154 Å². The molecule has 0 radical (unpaired) electrons. The van der Waals surface area contributed by atoms with E-state index in [1.54, 1.807) is 6.08 Å². The van der Waals surface area contributed by atoms with Crippen molar-refractivity contribution >= 4 is 40.9 Å². The number of piperidine rings is 1. The van der Waals surface area contributed by atoms with Gasteiger partial charge < -0.3 is 10.0 Å². The molecule has 2 heterocycles. The molecule has 0 bridgehead atoms. The smallest absolute Gasteiger partial charge is 0.326 e. The summed E-state index contributed by atoms with van der Waals surface area (Å²) in [6, 6.07) is 8.22. The molecule has 3 amide bonds. The lowest BCUT2D eigenvalue weighted by Crippen LogP contribution is -2.51. The van der Waals surface area contributed by atoms with E-state index in [-0.39, 0.29) is 4.91 Å². The molecule has 3 rings (SSSR count). The molecule has 2 aliphatic rings. The molecule has 8 heteroatoms. The van der Waals surface area contributed by atoms with E-state index in [0.29, 0.717) is 19.4 Å². The number of hydrogen-bond acceptors (Lipinski definition) is 5. The predicted octanol–water partition coefficient (Wildman–Crippen LogP) is 2.19. The van der Waals surface area contributed by atoms with Gasteiger partial charge in [-0.2, -0.15) is 0 Å². The van der Waals surface area contributed by atoms with Crippen LogP contribution in [0.5, 0.6) is 0 Å². The van der Waals surface area contributed by atoms with Crippen LogP contribution in [0.4, 0.5) is 4.79 Å². The number of nitrogens with zero attached hydrogens (tertiary/aromatic N) is 2. The second kappa shape index (κ2) is 7.74. The molecule has 136 valence electrons. The van der Waals surface area contributed by atoms with Crippen molar-refractivity contribution in [2.45, 2.75) is 25.3 Å². The first kappa shape index (κ1) is 18.2. The Morgan fingerprint density at radius 1 is 1.19 bits per heavy atom. The predicted molar refractivity (Wildman–Crippen MR) is 96.1 cm³/mol. The fourth-order valence-corrected chi connectivity index (χ4v) is 3.89. The van der Waals surface area contributed by atoms with Gasteiger partial charge in [0, 0.05) is 6.54 Å². The van der Waals surface area contributed by atoms with E-state index in [0.717, 1.165) is 28.6 Å². The minimum atomic E-state index is -1.06. The summed E-state index contributed by atoms with van der Waals surface area (Å²) in [7, 11) is 0. The van der Waals surface area contributed by atoms with Crippen molar-refractivity contribution in [3.8, 4) is 0 Å². The fourth-order valence-electron chi connectivity index (χ4n) is 3.05. The van der Waals surface area contributed by atoms with Crippen LogP contribution in [-0.2, 0) is 14.4 Å². The van der Waals surface area contributed by atoms with Crippen LogP contribution < -0.4 is 0 Å². The number of carboxylic acid groups (broad SMARTS) is 1. The highest BCUT2D eigenvalue weighted by Crippen LogP contribution is 2.32. The Bertz CT molecular complexity index is 777. The number of carboxylic acids is 1. The highest BCUT2D eigenvalue weighted by Gasteiger charge is 2.39. The molecule has 2 fully saturated rings. The van der Waals surface area contributed by atoms with E-state index in [1.807, 2.05) is 30.3 Å². The Kier molecular flexibility index (Phi) is 5.41. The van der Waals surface area contributed by atoms with Crippen LogP contribution in [0.15, 0.2) is 35.2 Å². The first-order chi connectivity index (χ1) is 12.5. The molecule has 26 heavy (non-hydrogen) atoms. The van der Waals surface area contributed by atoms with E-state index < -0.39 is 35.6 Å². The molecular weight excluding hydrogens is 356 g/mol. The zero-order chi connectivity index (χ0) is 18.7. The molecular formula is C18H18N2O5S. The van der Waals surface area contributed by atoms with Crippen molar-refractivity contribution in [2.75, 3.05) is 13.1 Å². The van der Waals surface area contributed by atoms with Crippen molar-refractivity contribution in [3.05, 3.63) is 40.8 Å². The molecule has 0 unspecified atom stereocenters. The van der Waals surface area contributed by atoms with Gasteiger partial charge in [0.25, 0.3) is 11.1 Å². The van der Waals surface area contributed by atoms with Crippen LogP contribution in [0.3, 0.4) is 0 Å². The SMILES string of the molecule is O=C(O)[C@@H]1CCCCN1C(=O)CN1C(=O)S/C(=C\c2ccccc2)C1=O. The molecule has 7 nitrogen and oxygen atoms in total. The van der Waals surface area contributed by atoms with Gasteiger partial charge in [-0.15, -0.1) is 0 Å². The number of rotatable bonds is 4. The van der Waals surface area contributed by atoms with Gasteiger partial charge in [0.2, 0.25) is 5.91 Å². The second-order valence-corrected chi connectivity index (χ2v) is 7.11. The standard InChI is InChI=1S/C18H18N2O5S/c21-15(19-9-5-4-8-13(19)17(23)24)11-20-16(22)14(26-18(20)25)10-12-6-2-1-3-7-12/h1-3,6-7,10,13H,4-5,8-9,11H2,(H,23,24)/b14-10-/t13-/m0/s1. The van der Waals surface area contributed by atoms with Crippen molar-refractivity contribution in [1.29, 1.82) is 0 Å². The lowest BCUT2D eigenvalue weighted by atomic mass is 10.0. The Morgan fingerprint density at radius 2 is 1.92 bits per heavy atom. The summed E-state index contributed by atoms with van der Waals surface area (Å²) < 4.78 is 0. The lowest BCUT2D eigenvalue weighted by Gasteiger charge is -2.33. The third-order valence-corrected chi connectivity index (χ3v) is 5.28. The van der Waals surface area contributed by atoms with Gasteiger partial charge in [0.1, 0.15) is 12.6 Å². The summed E-state index contributed by atoms with van der Waals surface area (Å²) in [6.07, 6.45) is 3.45. The molecule has 0 saturated carbocycles. The molecule has 2 saturated heterocycles. The Balaban J connectivity index is 1.72. The number of hydrogen-bond donors (Lipinski definition) is 1. The van der Waals surface area contributed by atoms with Crippen LogP contribution in [0, 0.1) is 0 Å². The third-order valence-electron chi connectivity index (χ3n) is 4.37. The van der Waals surface area contributed by atoms with Gasteiger partial charge in [-0.1, -0.05) is 30.3 Å². The van der Waals surface area contributed by atoms with Gasteiger partial charge in [-0.3, -0.25) is 19.3 Å². The third kappa shape index (κ3) is 3.80. The highest BCUT2D eigenvalue weighted by molar-refractivity contribution is 8.18. The second-order valence-electron chi connectivity index (χ2n) is 6.12. The van der Waals surface area contributed by atoms with Crippen molar-refractivity contribution in [2.24, 2.45) is 0 Å². The van der Waals surface area contributed by atoms with Crippen molar-refractivity contribution < 1.29 is 24.3 Å². The molecule has 0 aliphatic carbocycles. The normalized spacial score (nSPS) is 22.2. The van der Waals surface area contributed by atoms with E-state index in [9.17, 15) is 24.3 Å². The molecule has 1 aromatic carbocycles. The van der Waals surface area contributed by atoms with Crippen LogP contribution in [-0.4, -0.2) is 57.1 Å². The average molecular weight is 374 g/mol. The maximum atomic E-state index is 12.5. The summed E-state index contributed by atoms with van der Waals surface area (Å²) in [5, 5.41) is 8.75. The average Bonchev–Trinajstić information content (AvgIpc) is 2.90. The van der Waals surface area contributed by atoms with Gasteiger partial charge in [-0.05, 0) is 42.7 Å². The number of amides is 3. The van der Waals surface area contributed by atoms with E-state index >= 15 is 0 Å². The summed E-state index contributed by atoms with van der Waals surface area (Å²) in [5.74, 6) is -2.10. The van der Waals surface area contributed by atoms with Gasteiger partial charge in [0.05, 0.1) is 4.91 Å². The van der Waals surface area contributed by atoms with Crippen molar-refractivity contribution in [3.63, 3.8) is 0 Å². The van der Waals surface area contributed by atoms with E-state index in [1.165, 1.54) is 4.90 Å². The zero-order valence-electron chi connectivity index (χ0n) is 14.0. The highest BCUT2D eigenvalue weighted by atomic mass is 32.2. The minimum Gasteiger partial charge on any atom is -0.480 e. The lowest BCUT2D eigenvalue weighted by molar-refractivity contribution is -0.152. The molecule has 0 spiro atoms. The van der Waals surface area contributed by atoms with Crippen LogP contribution in [0.2, 0.25) is 0 Å². The quantitative estimate of drug-likeness (QED) is 0.812. The zero-order valence-corrected chi connectivity index (χ0v) is 14.8. The minimum absolute atomic E-state index is 0.252. The molecule has 1 aromatic rings. The summed E-state index contributed by atoms with van der Waals surface area (Å²) in [6.45, 7) is -0.105. The maximum Gasteiger partial charge on any atom is 0.326 e. The van der Waals surface area contributed by atoms with Gasteiger partial charge in [-0.25, -0.2) is 4.79 Å². The number of thioether (sulfide) groups is 1. The topological polar surface area (TPSA) is 95.0 Å². The number of benzene rings is 1.